The van der Waals surface area contributed by atoms with E-state index in [-0.39, 0.29) is 19.1 Å². The first-order valence-electron chi connectivity index (χ1n) is 7.12. The van der Waals surface area contributed by atoms with E-state index in [9.17, 15) is 9.59 Å². The molecular weight excluding hydrogens is 272 g/mol. The van der Waals surface area contributed by atoms with Crippen molar-refractivity contribution >= 4 is 17.7 Å². The highest BCUT2D eigenvalue weighted by Crippen LogP contribution is 2.29. The summed E-state index contributed by atoms with van der Waals surface area (Å²) in [6.45, 7) is 1.83. The number of ether oxygens (including phenoxy) is 1. The van der Waals surface area contributed by atoms with Crippen molar-refractivity contribution in [1.29, 1.82) is 0 Å². The molecule has 2 aliphatic rings. The number of para-hydroxylation sites is 1. The Balaban J connectivity index is 1.79. The molecule has 2 heterocycles. The van der Waals surface area contributed by atoms with Crippen molar-refractivity contribution in [2.24, 2.45) is 0 Å². The van der Waals surface area contributed by atoms with Crippen molar-refractivity contribution in [1.82, 2.24) is 4.90 Å². The number of nitrogens with zero attached hydrogens (tertiary/aromatic N) is 2. The van der Waals surface area contributed by atoms with Gasteiger partial charge in [-0.1, -0.05) is 18.2 Å². The van der Waals surface area contributed by atoms with Crippen LogP contribution in [0.15, 0.2) is 24.3 Å². The van der Waals surface area contributed by atoms with Crippen LogP contribution in [-0.4, -0.2) is 54.4 Å². The molecule has 1 saturated heterocycles. The number of urea groups is 1. The van der Waals surface area contributed by atoms with E-state index < -0.39 is 12.0 Å². The van der Waals surface area contributed by atoms with Gasteiger partial charge in [-0.25, -0.2) is 4.79 Å². The molecule has 0 spiro atoms. The van der Waals surface area contributed by atoms with E-state index >= 15 is 0 Å². The Hall–Kier alpha value is -2.08. The normalized spacial score (nSPS) is 21.2. The van der Waals surface area contributed by atoms with E-state index in [1.54, 1.807) is 9.80 Å². The topological polar surface area (TPSA) is 70.1 Å². The molecule has 3 rings (SSSR count). The third kappa shape index (κ3) is 2.71. The number of anilines is 1. The Kier molecular flexibility index (Phi) is 3.79. The number of benzene rings is 1. The first-order chi connectivity index (χ1) is 10.2. The minimum atomic E-state index is -0.912. The molecule has 6 heteroatoms. The standard InChI is InChI=1S/C15H18N2O4/c18-14(19)9-12-10-21-8-7-16(12)15(20)17-6-5-11-3-1-2-4-13(11)17/h1-4,12H,5-10H2,(H,18,19). The van der Waals surface area contributed by atoms with Gasteiger partial charge >= 0.3 is 12.0 Å². The fraction of sp³-hybridized carbons (Fsp3) is 0.467. The lowest BCUT2D eigenvalue weighted by atomic mass is 10.1. The second-order valence-electron chi connectivity index (χ2n) is 5.33. The van der Waals surface area contributed by atoms with Crippen LogP contribution in [-0.2, 0) is 16.0 Å². The average Bonchev–Trinajstić information content (AvgIpc) is 2.90. The van der Waals surface area contributed by atoms with Crippen LogP contribution in [0.3, 0.4) is 0 Å². The number of carboxylic acids is 1. The molecule has 112 valence electrons. The predicted octanol–water partition coefficient (Wildman–Crippen LogP) is 1.34. The monoisotopic (exact) mass is 290 g/mol. The minimum absolute atomic E-state index is 0.0821. The van der Waals surface area contributed by atoms with Crippen LogP contribution in [0, 0.1) is 0 Å². The molecule has 0 radical (unpaired) electrons. The maximum Gasteiger partial charge on any atom is 0.324 e. The highest BCUT2D eigenvalue weighted by atomic mass is 16.5. The largest absolute Gasteiger partial charge is 0.481 e. The quantitative estimate of drug-likeness (QED) is 0.892. The van der Waals surface area contributed by atoms with Crippen molar-refractivity contribution in [3.05, 3.63) is 29.8 Å². The second-order valence-corrected chi connectivity index (χ2v) is 5.33. The Morgan fingerprint density at radius 3 is 2.90 bits per heavy atom. The molecule has 1 atom stereocenters. The number of fused-ring (bicyclic) bond motifs is 1. The zero-order valence-electron chi connectivity index (χ0n) is 11.7. The van der Waals surface area contributed by atoms with Gasteiger partial charge in [-0.2, -0.15) is 0 Å². The Bertz CT molecular complexity index is 560. The van der Waals surface area contributed by atoms with Crippen LogP contribution in [0.25, 0.3) is 0 Å². The first kappa shape index (κ1) is 13.9. The van der Waals surface area contributed by atoms with E-state index in [1.165, 1.54) is 0 Å². The second kappa shape index (κ2) is 5.73. The Morgan fingerprint density at radius 1 is 1.29 bits per heavy atom. The lowest BCUT2D eigenvalue weighted by molar-refractivity contribution is -0.139. The number of hydrogen-bond acceptors (Lipinski definition) is 3. The van der Waals surface area contributed by atoms with Gasteiger partial charge in [0.15, 0.2) is 0 Å². The molecule has 1 fully saturated rings. The van der Waals surface area contributed by atoms with Gasteiger partial charge in [0.1, 0.15) is 0 Å². The van der Waals surface area contributed by atoms with Crippen molar-refractivity contribution in [2.45, 2.75) is 18.9 Å². The van der Waals surface area contributed by atoms with Gasteiger partial charge in [0, 0.05) is 18.8 Å². The summed E-state index contributed by atoms with van der Waals surface area (Å²) in [5.41, 5.74) is 2.09. The third-order valence-corrected chi connectivity index (χ3v) is 4.00. The third-order valence-electron chi connectivity index (χ3n) is 4.00. The molecule has 1 unspecified atom stereocenters. The van der Waals surface area contributed by atoms with Gasteiger partial charge < -0.3 is 14.7 Å². The van der Waals surface area contributed by atoms with Gasteiger partial charge in [0.2, 0.25) is 0 Å². The zero-order valence-corrected chi connectivity index (χ0v) is 11.7. The molecule has 0 bridgehead atoms. The summed E-state index contributed by atoms with van der Waals surface area (Å²) in [4.78, 5) is 27.1. The van der Waals surface area contributed by atoms with Crippen LogP contribution in [0.4, 0.5) is 10.5 Å². The lowest BCUT2D eigenvalue weighted by Gasteiger charge is -2.37. The van der Waals surface area contributed by atoms with Gasteiger partial charge in [0.05, 0.1) is 25.7 Å². The van der Waals surface area contributed by atoms with Crippen molar-refractivity contribution < 1.29 is 19.4 Å². The number of rotatable bonds is 2. The van der Waals surface area contributed by atoms with Crippen LogP contribution in [0.5, 0.6) is 0 Å². The van der Waals surface area contributed by atoms with Crippen LogP contribution in [0.2, 0.25) is 0 Å². The summed E-state index contributed by atoms with van der Waals surface area (Å²) < 4.78 is 5.32. The Morgan fingerprint density at radius 2 is 2.10 bits per heavy atom. The molecule has 0 saturated carbocycles. The first-order valence-corrected chi connectivity index (χ1v) is 7.12. The molecule has 2 aliphatic heterocycles. The van der Waals surface area contributed by atoms with E-state index in [4.69, 9.17) is 9.84 Å². The number of amides is 2. The van der Waals surface area contributed by atoms with Crippen LogP contribution < -0.4 is 4.90 Å². The SMILES string of the molecule is O=C(O)CC1COCCN1C(=O)N1CCc2ccccc21. The van der Waals surface area contributed by atoms with E-state index in [1.807, 2.05) is 24.3 Å². The summed E-state index contributed by atoms with van der Waals surface area (Å²) in [7, 11) is 0. The van der Waals surface area contributed by atoms with Gasteiger partial charge in [0.25, 0.3) is 0 Å². The maximum atomic E-state index is 12.8. The predicted molar refractivity (Wildman–Crippen MR) is 76.5 cm³/mol. The summed E-state index contributed by atoms with van der Waals surface area (Å²) in [6, 6.07) is 7.34. The lowest BCUT2D eigenvalue weighted by Crippen LogP contribution is -2.54. The number of carbonyl (C=O) groups is 2. The summed E-state index contributed by atoms with van der Waals surface area (Å²) >= 11 is 0. The zero-order chi connectivity index (χ0) is 14.8. The van der Waals surface area contributed by atoms with Crippen molar-refractivity contribution in [3.8, 4) is 0 Å². The molecule has 0 aromatic heterocycles. The highest BCUT2D eigenvalue weighted by molar-refractivity contribution is 5.94. The van der Waals surface area contributed by atoms with Crippen LogP contribution >= 0.6 is 0 Å². The number of morpholine rings is 1. The number of carbonyl (C=O) groups excluding carboxylic acids is 1. The summed E-state index contributed by atoms with van der Waals surface area (Å²) in [5.74, 6) is -0.912. The molecular formula is C15H18N2O4. The minimum Gasteiger partial charge on any atom is -0.481 e. The molecule has 2 amide bonds. The van der Waals surface area contributed by atoms with Gasteiger partial charge in [-0.05, 0) is 18.1 Å². The van der Waals surface area contributed by atoms with E-state index in [0.717, 1.165) is 17.7 Å². The molecule has 1 aromatic rings. The average molecular weight is 290 g/mol. The molecule has 6 nitrogen and oxygen atoms in total. The van der Waals surface area contributed by atoms with Crippen molar-refractivity contribution in [3.63, 3.8) is 0 Å². The summed E-state index contributed by atoms with van der Waals surface area (Å²) in [5, 5.41) is 8.98. The summed E-state index contributed by atoms with van der Waals surface area (Å²) in [6.07, 6.45) is 0.761. The van der Waals surface area contributed by atoms with Gasteiger partial charge in [-0.15, -0.1) is 0 Å². The smallest absolute Gasteiger partial charge is 0.324 e. The molecule has 1 aromatic carbocycles. The van der Waals surface area contributed by atoms with E-state index in [2.05, 4.69) is 0 Å². The number of carboxylic acid groups (broad SMARTS) is 1. The fourth-order valence-electron chi connectivity index (χ4n) is 2.97. The molecule has 0 aliphatic carbocycles. The number of aliphatic carboxylic acids is 1. The van der Waals surface area contributed by atoms with Gasteiger partial charge in [-0.3, -0.25) is 9.69 Å². The Labute approximate surface area is 122 Å². The highest BCUT2D eigenvalue weighted by Gasteiger charge is 2.34. The number of hydrogen-bond donors (Lipinski definition) is 1. The molecule has 21 heavy (non-hydrogen) atoms. The van der Waals surface area contributed by atoms with Crippen molar-refractivity contribution in [2.75, 3.05) is 31.2 Å². The van der Waals surface area contributed by atoms with Crippen LogP contribution in [0.1, 0.15) is 12.0 Å². The van der Waals surface area contributed by atoms with E-state index in [0.29, 0.717) is 19.7 Å². The fourth-order valence-corrected chi connectivity index (χ4v) is 2.97. The molecule has 1 N–H and O–H groups in total. The maximum absolute atomic E-state index is 12.8.